The standard InChI is InChI=1S/C12H18N4O2/c1-7-8(2)10(15-9(7)11(13)17)12(18)16-5-3-14-4-6-16/h14-15H,3-6H2,1-2H3,(H2,13,17). The lowest BCUT2D eigenvalue weighted by Crippen LogP contribution is -2.46. The Hall–Kier alpha value is -1.82. The second kappa shape index (κ2) is 4.81. The van der Waals surface area contributed by atoms with E-state index in [9.17, 15) is 9.59 Å². The van der Waals surface area contributed by atoms with Crippen LogP contribution in [0.4, 0.5) is 0 Å². The smallest absolute Gasteiger partial charge is 0.270 e. The van der Waals surface area contributed by atoms with E-state index >= 15 is 0 Å². The van der Waals surface area contributed by atoms with Crippen molar-refractivity contribution >= 4 is 11.8 Å². The fourth-order valence-corrected chi connectivity index (χ4v) is 2.17. The number of aromatic amines is 1. The molecule has 0 atom stereocenters. The Bertz CT molecular complexity index is 487. The number of H-pyrrole nitrogens is 1. The van der Waals surface area contributed by atoms with Crippen molar-refractivity contribution in [2.24, 2.45) is 5.73 Å². The second-order valence-corrected chi connectivity index (χ2v) is 4.53. The summed E-state index contributed by atoms with van der Waals surface area (Å²) in [7, 11) is 0. The third-order valence-corrected chi connectivity index (χ3v) is 3.43. The van der Waals surface area contributed by atoms with Gasteiger partial charge in [0, 0.05) is 26.2 Å². The summed E-state index contributed by atoms with van der Waals surface area (Å²) in [6.45, 7) is 6.58. The van der Waals surface area contributed by atoms with Gasteiger partial charge in [0.05, 0.1) is 0 Å². The molecular weight excluding hydrogens is 232 g/mol. The number of carbonyl (C=O) groups excluding carboxylic acids is 2. The Labute approximate surface area is 106 Å². The van der Waals surface area contributed by atoms with Gasteiger partial charge in [-0.15, -0.1) is 0 Å². The SMILES string of the molecule is Cc1c(C(N)=O)[nH]c(C(=O)N2CCNCC2)c1C. The van der Waals surface area contributed by atoms with Crippen molar-refractivity contribution in [2.45, 2.75) is 13.8 Å². The molecular formula is C12H18N4O2. The van der Waals surface area contributed by atoms with Crippen LogP contribution in [0.25, 0.3) is 0 Å². The lowest BCUT2D eigenvalue weighted by atomic mass is 10.1. The molecule has 1 saturated heterocycles. The molecule has 2 rings (SSSR count). The molecule has 0 bridgehead atoms. The molecule has 1 aliphatic heterocycles. The molecule has 0 spiro atoms. The van der Waals surface area contributed by atoms with Gasteiger partial charge in [-0.05, 0) is 25.0 Å². The summed E-state index contributed by atoms with van der Waals surface area (Å²) >= 11 is 0. The van der Waals surface area contributed by atoms with E-state index in [1.54, 1.807) is 11.8 Å². The minimum Gasteiger partial charge on any atom is -0.364 e. The van der Waals surface area contributed by atoms with E-state index in [0.29, 0.717) is 24.5 Å². The molecule has 6 heteroatoms. The molecule has 0 aromatic carbocycles. The first kappa shape index (κ1) is 12.6. The number of primary amides is 1. The first-order valence-electron chi connectivity index (χ1n) is 6.01. The number of nitrogens with zero attached hydrogens (tertiary/aromatic N) is 1. The number of aromatic nitrogens is 1. The van der Waals surface area contributed by atoms with Crippen molar-refractivity contribution in [3.63, 3.8) is 0 Å². The van der Waals surface area contributed by atoms with E-state index < -0.39 is 5.91 Å². The fraction of sp³-hybridized carbons (Fsp3) is 0.500. The van der Waals surface area contributed by atoms with Crippen molar-refractivity contribution in [1.82, 2.24) is 15.2 Å². The van der Waals surface area contributed by atoms with Crippen molar-refractivity contribution < 1.29 is 9.59 Å². The molecule has 0 saturated carbocycles. The quantitative estimate of drug-likeness (QED) is 0.677. The molecule has 1 aromatic rings. The third kappa shape index (κ3) is 2.11. The van der Waals surface area contributed by atoms with E-state index in [1.807, 2.05) is 6.92 Å². The highest BCUT2D eigenvalue weighted by molar-refractivity contribution is 5.99. The van der Waals surface area contributed by atoms with Crippen LogP contribution in [0.3, 0.4) is 0 Å². The Kier molecular flexibility index (Phi) is 3.38. The Morgan fingerprint density at radius 2 is 1.67 bits per heavy atom. The van der Waals surface area contributed by atoms with E-state index in [1.165, 1.54) is 0 Å². The summed E-state index contributed by atoms with van der Waals surface area (Å²) in [5, 5.41) is 3.19. The van der Waals surface area contributed by atoms with Gasteiger partial charge in [-0.3, -0.25) is 9.59 Å². The topological polar surface area (TPSA) is 91.2 Å². The van der Waals surface area contributed by atoms with Crippen LogP contribution in [0.2, 0.25) is 0 Å². The van der Waals surface area contributed by atoms with Crippen LogP contribution in [0.5, 0.6) is 0 Å². The average molecular weight is 250 g/mol. The van der Waals surface area contributed by atoms with Gasteiger partial charge in [0.1, 0.15) is 11.4 Å². The first-order chi connectivity index (χ1) is 8.52. The summed E-state index contributed by atoms with van der Waals surface area (Å²) in [5.41, 5.74) is 7.62. The zero-order chi connectivity index (χ0) is 13.3. The number of hydrogen-bond donors (Lipinski definition) is 3. The normalized spacial score (nSPS) is 15.8. The monoisotopic (exact) mass is 250 g/mol. The van der Waals surface area contributed by atoms with Crippen LogP contribution in [0, 0.1) is 13.8 Å². The van der Waals surface area contributed by atoms with Gasteiger partial charge < -0.3 is 20.9 Å². The molecule has 6 nitrogen and oxygen atoms in total. The van der Waals surface area contributed by atoms with Crippen molar-refractivity contribution in [3.8, 4) is 0 Å². The van der Waals surface area contributed by atoms with Gasteiger partial charge in [0.15, 0.2) is 0 Å². The number of carbonyl (C=O) groups is 2. The molecule has 2 heterocycles. The highest BCUT2D eigenvalue weighted by Crippen LogP contribution is 2.18. The van der Waals surface area contributed by atoms with E-state index in [-0.39, 0.29) is 5.91 Å². The van der Waals surface area contributed by atoms with Gasteiger partial charge in [-0.25, -0.2) is 0 Å². The highest BCUT2D eigenvalue weighted by atomic mass is 16.2. The van der Waals surface area contributed by atoms with Crippen LogP contribution < -0.4 is 11.1 Å². The molecule has 4 N–H and O–H groups in total. The van der Waals surface area contributed by atoms with Crippen molar-refractivity contribution in [3.05, 3.63) is 22.5 Å². The molecule has 0 aliphatic carbocycles. The van der Waals surface area contributed by atoms with Gasteiger partial charge in [-0.2, -0.15) is 0 Å². The Morgan fingerprint density at radius 1 is 1.11 bits per heavy atom. The predicted molar refractivity (Wildman–Crippen MR) is 67.6 cm³/mol. The van der Waals surface area contributed by atoms with E-state index in [0.717, 1.165) is 24.2 Å². The zero-order valence-corrected chi connectivity index (χ0v) is 10.7. The number of amides is 2. The lowest BCUT2D eigenvalue weighted by Gasteiger charge is -2.27. The molecule has 2 amide bonds. The van der Waals surface area contributed by atoms with Crippen molar-refractivity contribution in [1.29, 1.82) is 0 Å². The minimum atomic E-state index is -0.532. The molecule has 1 aromatic heterocycles. The largest absolute Gasteiger partial charge is 0.364 e. The summed E-state index contributed by atoms with van der Waals surface area (Å²) < 4.78 is 0. The number of rotatable bonds is 2. The number of nitrogens with two attached hydrogens (primary N) is 1. The molecule has 98 valence electrons. The zero-order valence-electron chi connectivity index (χ0n) is 10.7. The Morgan fingerprint density at radius 3 is 2.17 bits per heavy atom. The molecule has 0 radical (unpaired) electrons. The van der Waals surface area contributed by atoms with Crippen LogP contribution in [-0.4, -0.2) is 47.9 Å². The van der Waals surface area contributed by atoms with Crippen LogP contribution in [0.15, 0.2) is 0 Å². The van der Waals surface area contributed by atoms with Gasteiger partial charge in [-0.1, -0.05) is 0 Å². The summed E-state index contributed by atoms with van der Waals surface area (Å²) in [4.78, 5) is 28.2. The number of hydrogen-bond acceptors (Lipinski definition) is 3. The Balaban J connectivity index is 2.30. The summed E-state index contributed by atoms with van der Waals surface area (Å²) in [5.74, 6) is -0.598. The van der Waals surface area contributed by atoms with Gasteiger partial charge in [0.2, 0.25) is 0 Å². The van der Waals surface area contributed by atoms with Crippen LogP contribution in [-0.2, 0) is 0 Å². The molecule has 1 aliphatic rings. The first-order valence-corrected chi connectivity index (χ1v) is 6.01. The maximum Gasteiger partial charge on any atom is 0.270 e. The molecule has 18 heavy (non-hydrogen) atoms. The third-order valence-electron chi connectivity index (χ3n) is 3.43. The maximum absolute atomic E-state index is 12.3. The number of nitrogens with one attached hydrogen (secondary N) is 2. The van der Waals surface area contributed by atoms with E-state index in [4.69, 9.17) is 5.73 Å². The minimum absolute atomic E-state index is 0.0652. The second-order valence-electron chi connectivity index (χ2n) is 4.53. The molecule has 0 unspecified atom stereocenters. The van der Waals surface area contributed by atoms with Crippen LogP contribution in [0.1, 0.15) is 32.1 Å². The van der Waals surface area contributed by atoms with E-state index in [2.05, 4.69) is 10.3 Å². The average Bonchev–Trinajstić information content (AvgIpc) is 2.67. The molecule has 1 fully saturated rings. The maximum atomic E-state index is 12.3. The van der Waals surface area contributed by atoms with Gasteiger partial charge in [0.25, 0.3) is 11.8 Å². The predicted octanol–water partition coefficient (Wildman–Crippen LogP) is -0.224. The van der Waals surface area contributed by atoms with Crippen LogP contribution >= 0.6 is 0 Å². The summed E-state index contributed by atoms with van der Waals surface area (Å²) in [6, 6.07) is 0. The van der Waals surface area contributed by atoms with Gasteiger partial charge >= 0.3 is 0 Å². The summed E-state index contributed by atoms with van der Waals surface area (Å²) in [6.07, 6.45) is 0. The fourth-order valence-electron chi connectivity index (χ4n) is 2.17. The van der Waals surface area contributed by atoms with Crippen molar-refractivity contribution in [2.75, 3.05) is 26.2 Å². The lowest BCUT2D eigenvalue weighted by molar-refractivity contribution is 0.0730. The highest BCUT2D eigenvalue weighted by Gasteiger charge is 2.24. The number of piperazine rings is 1.